The van der Waals surface area contributed by atoms with Gasteiger partial charge >= 0.3 is 6.03 Å². The van der Waals surface area contributed by atoms with Crippen LogP contribution >= 0.6 is 0 Å². The molecular formula is C15H24N6O2. The SMILES string of the molecule is CCn1nc(C)c(CNC(=O)N2CCC(N3CCCC3=O)C2)n1. The summed E-state index contributed by atoms with van der Waals surface area (Å²) < 4.78 is 0. The summed E-state index contributed by atoms with van der Waals surface area (Å²) in [6.07, 6.45) is 2.45. The predicted octanol–water partition coefficient (Wildman–Crippen LogP) is 0.513. The van der Waals surface area contributed by atoms with E-state index in [2.05, 4.69) is 15.5 Å². The second-order valence-electron chi connectivity index (χ2n) is 6.16. The first-order valence-corrected chi connectivity index (χ1v) is 8.31. The van der Waals surface area contributed by atoms with Crippen molar-refractivity contribution < 1.29 is 9.59 Å². The third-order valence-electron chi connectivity index (χ3n) is 4.61. The molecule has 1 N–H and O–H groups in total. The normalized spacial score (nSPS) is 21.3. The Bertz CT molecular complexity index is 599. The molecule has 1 aromatic rings. The van der Waals surface area contributed by atoms with Gasteiger partial charge in [-0.3, -0.25) is 4.79 Å². The molecule has 2 fully saturated rings. The van der Waals surface area contributed by atoms with Gasteiger partial charge < -0.3 is 15.1 Å². The monoisotopic (exact) mass is 320 g/mol. The molecule has 1 aromatic heterocycles. The zero-order chi connectivity index (χ0) is 16.4. The van der Waals surface area contributed by atoms with Crippen molar-refractivity contribution in [2.24, 2.45) is 0 Å². The summed E-state index contributed by atoms with van der Waals surface area (Å²) in [7, 11) is 0. The molecule has 1 atom stereocenters. The van der Waals surface area contributed by atoms with E-state index in [1.54, 1.807) is 9.70 Å². The average Bonchev–Trinajstić information content (AvgIpc) is 3.24. The Labute approximate surface area is 135 Å². The Morgan fingerprint density at radius 2 is 2.17 bits per heavy atom. The van der Waals surface area contributed by atoms with Crippen LogP contribution in [-0.2, 0) is 17.9 Å². The van der Waals surface area contributed by atoms with E-state index in [0.717, 1.165) is 30.8 Å². The van der Waals surface area contributed by atoms with Gasteiger partial charge in [0.2, 0.25) is 5.91 Å². The Morgan fingerprint density at radius 3 is 2.83 bits per heavy atom. The molecule has 8 heteroatoms. The van der Waals surface area contributed by atoms with Crippen molar-refractivity contribution in [1.29, 1.82) is 0 Å². The number of amides is 3. The van der Waals surface area contributed by atoms with Crippen molar-refractivity contribution >= 4 is 11.9 Å². The minimum atomic E-state index is -0.0930. The van der Waals surface area contributed by atoms with Crippen molar-refractivity contribution in [2.75, 3.05) is 19.6 Å². The molecule has 0 radical (unpaired) electrons. The summed E-state index contributed by atoms with van der Waals surface area (Å²) in [5, 5.41) is 11.5. The van der Waals surface area contributed by atoms with E-state index < -0.39 is 0 Å². The van der Waals surface area contributed by atoms with E-state index in [4.69, 9.17) is 0 Å². The second kappa shape index (κ2) is 6.55. The summed E-state index contributed by atoms with van der Waals surface area (Å²) in [5.74, 6) is 0.226. The third kappa shape index (κ3) is 3.30. The Hall–Kier alpha value is -2.12. The third-order valence-corrected chi connectivity index (χ3v) is 4.61. The number of nitrogens with one attached hydrogen (secondary N) is 1. The molecule has 126 valence electrons. The molecular weight excluding hydrogens is 296 g/mol. The summed E-state index contributed by atoms with van der Waals surface area (Å²) in [5.41, 5.74) is 1.64. The quantitative estimate of drug-likeness (QED) is 0.876. The zero-order valence-electron chi connectivity index (χ0n) is 13.8. The summed E-state index contributed by atoms with van der Waals surface area (Å²) in [6, 6.07) is 0.0862. The molecule has 0 saturated carbocycles. The van der Waals surface area contributed by atoms with Crippen LogP contribution in [0.4, 0.5) is 4.79 Å². The molecule has 8 nitrogen and oxygen atoms in total. The highest BCUT2D eigenvalue weighted by Crippen LogP contribution is 2.21. The van der Waals surface area contributed by atoms with Gasteiger partial charge in [0.15, 0.2) is 0 Å². The van der Waals surface area contributed by atoms with Crippen molar-refractivity contribution in [3.8, 4) is 0 Å². The number of aryl methyl sites for hydroxylation is 2. The first kappa shape index (κ1) is 15.8. The summed E-state index contributed by atoms with van der Waals surface area (Å²) in [6.45, 7) is 7.12. The highest BCUT2D eigenvalue weighted by Gasteiger charge is 2.34. The molecule has 0 bridgehead atoms. The van der Waals surface area contributed by atoms with Crippen molar-refractivity contribution in [3.63, 3.8) is 0 Å². The second-order valence-corrected chi connectivity index (χ2v) is 6.16. The van der Waals surface area contributed by atoms with Crippen LogP contribution in [0.15, 0.2) is 0 Å². The number of likely N-dealkylation sites (tertiary alicyclic amines) is 2. The number of carbonyl (C=O) groups is 2. The lowest BCUT2D eigenvalue weighted by molar-refractivity contribution is -0.129. The lowest BCUT2D eigenvalue weighted by Gasteiger charge is -2.24. The fourth-order valence-electron chi connectivity index (χ4n) is 3.28. The van der Waals surface area contributed by atoms with E-state index in [1.807, 2.05) is 18.7 Å². The van der Waals surface area contributed by atoms with Gasteiger partial charge in [-0.05, 0) is 26.7 Å². The van der Waals surface area contributed by atoms with E-state index in [1.165, 1.54) is 0 Å². The summed E-state index contributed by atoms with van der Waals surface area (Å²) >= 11 is 0. The molecule has 3 amide bonds. The van der Waals surface area contributed by atoms with Crippen molar-refractivity contribution in [2.45, 2.75) is 52.2 Å². The largest absolute Gasteiger partial charge is 0.338 e. The van der Waals surface area contributed by atoms with Crippen LogP contribution in [0.2, 0.25) is 0 Å². The van der Waals surface area contributed by atoms with Gasteiger partial charge in [0.25, 0.3) is 0 Å². The lowest BCUT2D eigenvalue weighted by atomic mass is 10.2. The zero-order valence-corrected chi connectivity index (χ0v) is 13.8. The highest BCUT2D eigenvalue weighted by molar-refractivity contribution is 5.79. The fraction of sp³-hybridized carbons (Fsp3) is 0.733. The first-order valence-electron chi connectivity index (χ1n) is 8.31. The molecule has 0 aromatic carbocycles. The van der Waals surface area contributed by atoms with Gasteiger partial charge in [0.1, 0.15) is 5.69 Å². The first-order chi connectivity index (χ1) is 11.1. The Morgan fingerprint density at radius 1 is 1.35 bits per heavy atom. The van der Waals surface area contributed by atoms with Gasteiger partial charge in [0.05, 0.1) is 24.8 Å². The van der Waals surface area contributed by atoms with Crippen LogP contribution in [0.3, 0.4) is 0 Å². The number of nitrogens with zero attached hydrogens (tertiary/aromatic N) is 5. The van der Waals surface area contributed by atoms with Gasteiger partial charge in [-0.15, -0.1) is 0 Å². The number of urea groups is 1. The van der Waals surface area contributed by atoms with E-state index in [-0.39, 0.29) is 18.0 Å². The molecule has 2 aliphatic rings. The maximum atomic E-state index is 12.3. The molecule has 1 unspecified atom stereocenters. The Balaban J connectivity index is 1.51. The van der Waals surface area contributed by atoms with Gasteiger partial charge in [0, 0.05) is 26.1 Å². The van der Waals surface area contributed by atoms with Crippen LogP contribution in [0.25, 0.3) is 0 Å². The van der Waals surface area contributed by atoms with E-state index in [9.17, 15) is 9.59 Å². The molecule has 0 spiro atoms. The minimum Gasteiger partial charge on any atom is -0.338 e. The predicted molar refractivity (Wildman–Crippen MR) is 83.6 cm³/mol. The standard InChI is InChI=1S/C15H24N6O2/c1-3-21-17-11(2)13(18-21)9-16-15(23)19-8-6-12(10-19)20-7-4-5-14(20)22/h12H,3-10H2,1-2H3,(H,16,23). The Kier molecular flexibility index (Phi) is 4.49. The molecule has 2 saturated heterocycles. The van der Waals surface area contributed by atoms with Crippen LogP contribution in [0, 0.1) is 6.92 Å². The minimum absolute atomic E-state index is 0.0930. The van der Waals surface area contributed by atoms with Crippen LogP contribution in [-0.4, -0.2) is 62.4 Å². The topological polar surface area (TPSA) is 83.4 Å². The molecule has 3 rings (SSSR count). The van der Waals surface area contributed by atoms with E-state index in [0.29, 0.717) is 32.6 Å². The number of hydrogen-bond donors (Lipinski definition) is 1. The smallest absolute Gasteiger partial charge is 0.317 e. The van der Waals surface area contributed by atoms with Crippen LogP contribution in [0.1, 0.15) is 37.6 Å². The van der Waals surface area contributed by atoms with Gasteiger partial charge in [-0.25, -0.2) is 4.79 Å². The highest BCUT2D eigenvalue weighted by atomic mass is 16.2. The average molecular weight is 320 g/mol. The number of hydrogen-bond acceptors (Lipinski definition) is 4. The molecule has 2 aliphatic heterocycles. The maximum Gasteiger partial charge on any atom is 0.317 e. The number of carbonyl (C=O) groups excluding carboxylic acids is 2. The number of aromatic nitrogens is 3. The van der Waals surface area contributed by atoms with E-state index >= 15 is 0 Å². The van der Waals surface area contributed by atoms with Gasteiger partial charge in [-0.2, -0.15) is 15.0 Å². The maximum absolute atomic E-state index is 12.3. The molecule has 23 heavy (non-hydrogen) atoms. The van der Waals surface area contributed by atoms with Crippen LogP contribution < -0.4 is 5.32 Å². The fourth-order valence-corrected chi connectivity index (χ4v) is 3.28. The summed E-state index contributed by atoms with van der Waals surface area (Å²) in [4.78, 5) is 29.5. The number of rotatable bonds is 4. The molecule has 3 heterocycles. The molecule has 0 aliphatic carbocycles. The van der Waals surface area contributed by atoms with Crippen LogP contribution in [0.5, 0.6) is 0 Å². The van der Waals surface area contributed by atoms with Crippen molar-refractivity contribution in [3.05, 3.63) is 11.4 Å². The van der Waals surface area contributed by atoms with Crippen molar-refractivity contribution in [1.82, 2.24) is 30.1 Å². The lowest BCUT2D eigenvalue weighted by Crippen LogP contribution is -2.42. The van der Waals surface area contributed by atoms with Gasteiger partial charge in [-0.1, -0.05) is 0 Å².